The predicted octanol–water partition coefficient (Wildman–Crippen LogP) is 1.20. The van der Waals surface area contributed by atoms with Gasteiger partial charge in [-0.05, 0) is 26.1 Å². The second-order valence-electron chi connectivity index (χ2n) is 5.73. The second kappa shape index (κ2) is 6.86. The van der Waals surface area contributed by atoms with Crippen molar-refractivity contribution in [1.82, 2.24) is 9.80 Å². The SMILES string of the molecule is Cc1cccc(C(CN)CC(=O)N2CCN(C)CC2)c1. The van der Waals surface area contributed by atoms with E-state index in [1.165, 1.54) is 11.1 Å². The maximum absolute atomic E-state index is 12.4. The molecule has 1 aromatic carbocycles. The molecular formula is C16H25N3O. The summed E-state index contributed by atoms with van der Waals surface area (Å²) in [4.78, 5) is 16.6. The van der Waals surface area contributed by atoms with E-state index in [4.69, 9.17) is 5.73 Å². The van der Waals surface area contributed by atoms with Crippen LogP contribution in [0.4, 0.5) is 0 Å². The Bertz CT molecular complexity index is 453. The molecule has 1 atom stereocenters. The van der Waals surface area contributed by atoms with Gasteiger partial charge in [-0.1, -0.05) is 29.8 Å². The number of piperazine rings is 1. The number of amides is 1. The minimum Gasteiger partial charge on any atom is -0.340 e. The molecule has 1 saturated heterocycles. The lowest BCUT2D eigenvalue weighted by molar-refractivity contribution is -0.133. The molecule has 20 heavy (non-hydrogen) atoms. The van der Waals surface area contributed by atoms with Gasteiger partial charge in [0.05, 0.1) is 0 Å². The first-order valence-corrected chi connectivity index (χ1v) is 7.33. The lowest BCUT2D eigenvalue weighted by Gasteiger charge is -2.33. The Morgan fingerprint density at radius 2 is 2.00 bits per heavy atom. The third kappa shape index (κ3) is 3.81. The molecule has 1 aliphatic rings. The molecule has 4 nitrogen and oxygen atoms in total. The summed E-state index contributed by atoms with van der Waals surface area (Å²) < 4.78 is 0. The molecule has 2 N–H and O–H groups in total. The van der Waals surface area contributed by atoms with E-state index >= 15 is 0 Å². The van der Waals surface area contributed by atoms with Gasteiger partial charge in [-0.3, -0.25) is 4.79 Å². The maximum Gasteiger partial charge on any atom is 0.223 e. The van der Waals surface area contributed by atoms with Crippen molar-refractivity contribution < 1.29 is 4.79 Å². The first-order chi connectivity index (χ1) is 9.60. The zero-order chi connectivity index (χ0) is 14.5. The summed E-state index contributed by atoms with van der Waals surface area (Å²) in [6, 6.07) is 8.31. The highest BCUT2D eigenvalue weighted by Gasteiger charge is 2.22. The standard InChI is InChI=1S/C16H25N3O/c1-13-4-3-5-14(10-13)15(12-17)11-16(20)19-8-6-18(2)7-9-19/h3-5,10,15H,6-9,11-12,17H2,1-2H3. The van der Waals surface area contributed by atoms with E-state index in [2.05, 4.69) is 37.1 Å². The summed E-state index contributed by atoms with van der Waals surface area (Å²) in [5.41, 5.74) is 8.27. The van der Waals surface area contributed by atoms with Crippen molar-refractivity contribution >= 4 is 5.91 Å². The van der Waals surface area contributed by atoms with Crippen LogP contribution in [0.1, 0.15) is 23.5 Å². The van der Waals surface area contributed by atoms with Gasteiger partial charge < -0.3 is 15.5 Å². The zero-order valence-corrected chi connectivity index (χ0v) is 12.5. The average molecular weight is 275 g/mol. The van der Waals surface area contributed by atoms with Crippen molar-refractivity contribution in [3.8, 4) is 0 Å². The Kier molecular flexibility index (Phi) is 5.15. The van der Waals surface area contributed by atoms with E-state index in [1.54, 1.807) is 0 Å². The quantitative estimate of drug-likeness (QED) is 0.898. The van der Waals surface area contributed by atoms with E-state index in [9.17, 15) is 4.79 Å². The molecule has 2 rings (SSSR count). The van der Waals surface area contributed by atoms with E-state index in [1.807, 2.05) is 11.0 Å². The van der Waals surface area contributed by atoms with Crippen molar-refractivity contribution in [2.75, 3.05) is 39.8 Å². The number of likely N-dealkylation sites (N-methyl/N-ethyl adjacent to an activating group) is 1. The first-order valence-electron chi connectivity index (χ1n) is 7.33. The molecule has 4 heteroatoms. The summed E-state index contributed by atoms with van der Waals surface area (Å²) in [6.07, 6.45) is 0.518. The number of rotatable bonds is 4. The molecule has 0 bridgehead atoms. The van der Waals surface area contributed by atoms with Crippen LogP contribution in [0.25, 0.3) is 0 Å². The van der Waals surface area contributed by atoms with Gasteiger partial charge in [0.2, 0.25) is 5.91 Å². The van der Waals surface area contributed by atoms with Crippen LogP contribution in [-0.4, -0.2) is 55.5 Å². The molecule has 1 heterocycles. The summed E-state index contributed by atoms with van der Waals surface area (Å²) in [6.45, 7) is 6.18. The Labute approximate surface area is 121 Å². The molecule has 0 radical (unpaired) electrons. The van der Waals surface area contributed by atoms with Crippen molar-refractivity contribution in [2.45, 2.75) is 19.3 Å². The van der Waals surface area contributed by atoms with Crippen molar-refractivity contribution in [2.24, 2.45) is 5.73 Å². The van der Waals surface area contributed by atoms with E-state index < -0.39 is 0 Å². The number of benzene rings is 1. The third-order valence-corrected chi connectivity index (χ3v) is 4.08. The average Bonchev–Trinajstić information content (AvgIpc) is 2.45. The molecule has 0 saturated carbocycles. The number of carbonyl (C=O) groups is 1. The van der Waals surface area contributed by atoms with Gasteiger partial charge in [-0.15, -0.1) is 0 Å². The molecule has 0 aromatic heterocycles. The molecule has 1 aromatic rings. The number of hydrogen-bond donors (Lipinski definition) is 1. The molecule has 1 aliphatic heterocycles. The van der Waals surface area contributed by atoms with Crippen LogP contribution in [-0.2, 0) is 4.79 Å². The van der Waals surface area contributed by atoms with Gasteiger partial charge in [0.1, 0.15) is 0 Å². The van der Waals surface area contributed by atoms with Gasteiger partial charge in [-0.25, -0.2) is 0 Å². The minimum absolute atomic E-state index is 0.127. The zero-order valence-electron chi connectivity index (χ0n) is 12.5. The van der Waals surface area contributed by atoms with Crippen LogP contribution >= 0.6 is 0 Å². The highest BCUT2D eigenvalue weighted by molar-refractivity contribution is 5.77. The largest absolute Gasteiger partial charge is 0.340 e. The smallest absolute Gasteiger partial charge is 0.223 e. The summed E-state index contributed by atoms with van der Waals surface area (Å²) in [5, 5.41) is 0. The fourth-order valence-electron chi connectivity index (χ4n) is 2.66. The van der Waals surface area contributed by atoms with Crippen LogP contribution < -0.4 is 5.73 Å². The van der Waals surface area contributed by atoms with E-state index in [-0.39, 0.29) is 11.8 Å². The van der Waals surface area contributed by atoms with Crippen LogP contribution in [0.5, 0.6) is 0 Å². The molecule has 110 valence electrons. The van der Waals surface area contributed by atoms with E-state index in [0.29, 0.717) is 13.0 Å². The van der Waals surface area contributed by atoms with Crippen LogP contribution in [0.2, 0.25) is 0 Å². The fourth-order valence-corrected chi connectivity index (χ4v) is 2.66. The van der Waals surface area contributed by atoms with Crippen LogP contribution in [0.3, 0.4) is 0 Å². The van der Waals surface area contributed by atoms with Gasteiger partial charge >= 0.3 is 0 Å². The Morgan fingerprint density at radius 3 is 2.60 bits per heavy atom. The maximum atomic E-state index is 12.4. The number of carbonyl (C=O) groups excluding carboxylic acids is 1. The van der Waals surface area contributed by atoms with Crippen molar-refractivity contribution in [1.29, 1.82) is 0 Å². The normalized spacial score (nSPS) is 18.1. The molecule has 0 spiro atoms. The minimum atomic E-state index is 0.127. The monoisotopic (exact) mass is 275 g/mol. The molecule has 1 unspecified atom stereocenters. The van der Waals surface area contributed by atoms with Crippen molar-refractivity contribution in [3.05, 3.63) is 35.4 Å². The third-order valence-electron chi connectivity index (χ3n) is 4.08. The number of hydrogen-bond acceptors (Lipinski definition) is 3. The molecular weight excluding hydrogens is 250 g/mol. The number of aryl methyl sites for hydroxylation is 1. The van der Waals surface area contributed by atoms with Crippen molar-refractivity contribution in [3.63, 3.8) is 0 Å². The Hall–Kier alpha value is -1.39. The molecule has 1 fully saturated rings. The Morgan fingerprint density at radius 1 is 1.30 bits per heavy atom. The fraction of sp³-hybridized carbons (Fsp3) is 0.562. The highest BCUT2D eigenvalue weighted by Crippen LogP contribution is 2.21. The molecule has 0 aliphatic carbocycles. The number of nitrogens with zero attached hydrogens (tertiary/aromatic N) is 2. The molecule has 1 amide bonds. The highest BCUT2D eigenvalue weighted by atomic mass is 16.2. The van der Waals surface area contributed by atoms with E-state index in [0.717, 1.165) is 26.2 Å². The lowest BCUT2D eigenvalue weighted by atomic mass is 9.94. The van der Waals surface area contributed by atoms with Crippen LogP contribution in [0, 0.1) is 6.92 Å². The summed E-state index contributed by atoms with van der Waals surface area (Å²) in [7, 11) is 2.09. The second-order valence-corrected chi connectivity index (χ2v) is 5.73. The Balaban J connectivity index is 1.97. The van der Waals surface area contributed by atoms with Gasteiger partial charge in [0.15, 0.2) is 0 Å². The van der Waals surface area contributed by atoms with Gasteiger partial charge in [0, 0.05) is 38.5 Å². The lowest BCUT2D eigenvalue weighted by Crippen LogP contribution is -2.47. The predicted molar refractivity (Wildman–Crippen MR) is 81.7 cm³/mol. The number of nitrogens with two attached hydrogens (primary N) is 1. The summed E-state index contributed by atoms with van der Waals surface area (Å²) in [5.74, 6) is 0.358. The summed E-state index contributed by atoms with van der Waals surface area (Å²) >= 11 is 0. The van der Waals surface area contributed by atoms with Gasteiger partial charge in [-0.2, -0.15) is 0 Å². The van der Waals surface area contributed by atoms with Crippen LogP contribution in [0.15, 0.2) is 24.3 Å². The topological polar surface area (TPSA) is 49.6 Å². The first kappa shape index (κ1) is 15.0. The van der Waals surface area contributed by atoms with Gasteiger partial charge in [0.25, 0.3) is 0 Å².